The molecule has 0 saturated carbocycles. The van der Waals surface area contributed by atoms with Gasteiger partial charge >= 0.3 is 0 Å². The van der Waals surface area contributed by atoms with Crippen LogP contribution in [0.4, 0.5) is 5.82 Å². The van der Waals surface area contributed by atoms with Crippen molar-refractivity contribution in [3.05, 3.63) is 59.1 Å². The number of anilines is 1. The molecule has 0 N–H and O–H groups in total. The summed E-state index contributed by atoms with van der Waals surface area (Å²) in [5, 5.41) is 3.29. The minimum atomic E-state index is -0.0915. The summed E-state index contributed by atoms with van der Waals surface area (Å²) < 4.78 is 10.8. The molecule has 4 aromatic rings. The molecule has 32 heavy (non-hydrogen) atoms. The second kappa shape index (κ2) is 8.80. The molecule has 0 spiro atoms. The molecule has 1 fully saturated rings. The Kier molecular flexibility index (Phi) is 5.71. The van der Waals surface area contributed by atoms with Crippen LogP contribution in [0.25, 0.3) is 21.3 Å². The first-order valence-electron chi connectivity index (χ1n) is 10.4. The average molecular weight is 469 g/mol. The van der Waals surface area contributed by atoms with Crippen LogP contribution in [0.5, 0.6) is 5.75 Å². The number of hydrogen-bond acceptors (Lipinski definition) is 7. The molecule has 5 rings (SSSR count). The van der Waals surface area contributed by atoms with Gasteiger partial charge in [0.2, 0.25) is 5.28 Å². The molecule has 0 radical (unpaired) electrons. The van der Waals surface area contributed by atoms with Gasteiger partial charge in [-0.3, -0.25) is 4.79 Å². The third-order valence-electron chi connectivity index (χ3n) is 5.46. The van der Waals surface area contributed by atoms with Crippen molar-refractivity contribution in [2.24, 2.45) is 0 Å². The summed E-state index contributed by atoms with van der Waals surface area (Å²) in [7, 11) is 0. The van der Waals surface area contributed by atoms with E-state index < -0.39 is 0 Å². The fraction of sp³-hybridized carbons (Fsp3) is 0.261. The zero-order valence-electron chi connectivity index (χ0n) is 17.5. The number of hydrogen-bond donors (Lipinski definition) is 0. The van der Waals surface area contributed by atoms with Crippen molar-refractivity contribution < 1.29 is 13.9 Å². The van der Waals surface area contributed by atoms with E-state index in [0.29, 0.717) is 38.5 Å². The first-order chi connectivity index (χ1) is 15.6. The van der Waals surface area contributed by atoms with Crippen LogP contribution in [0, 0.1) is 0 Å². The van der Waals surface area contributed by atoms with Crippen LogP contribution in [0.2, 0.25) is 5.28 Å². The lowest BCUT2D eigenvalue weighted by Gasteiger charge is -2.35. The lowest BCUT2D eigenvalue weighted by Crippen LogP contribution is -2.49. The van der Waals surface area contributed by atoms with E-state index in [1.54, 1.807) is 28.4 Å². The van der Waals surface area contributed by atoms with Gasteiger partial charge in [-0.05, 0) is 48.4 Å². The summed E-state index contributed by atoms with van der Waals surface area (Å²) in [6.45, 7) is 5.04. The van der Waals surface area contributed by atoms with Crippen molar-refractivity contribution >= 4 is 44.9 Å². The number of thiophene rings is 1. The maximum atomic E-state index is 12.6. The summed E-state index contributed by atoms with van der Waals surface area (Å²) >= 11 is 7.81. The maximum absolute atomic E-state index is 12.6. The second-order valence-electron chi connectivity index (χ2n) is 7.36. The quantitative estimate of drug-likeness (QED) is 0.385. The highest BCUT2D eigenvalue weighted by Crippen LogP contribution is 2.39. The molecule has 0 atom stereocenters. The number of fused-ring (bicyclic) bond motifs is 1. The van der Waals surface area contributed by atoms with Crippen molar-refractivity contribution in [2.75, 3.05) is 37.7 Å². The van der Waals surface area contributed by atoms with E-state index in [9.17, 15) is 4.79 Å². The van der Waals surface area contributed by atoms with Gasteiger partial charge in [0, 0.05) is 37.1 Å². The molecule has 1 aromatic carbocycles. The minimum Gasteiger partial charge on any atom is -0.494 e. The van der Waals surface area contributed by atoms with Gasteiger partial charge in [0.1, 0.15) is 16.4 Å². The van der Waals surface area contributed by atoms with E-state index in [-0.39, 0.29) is 11.2 Å². The molecule has 0 unspecified atom stereocenters. The summed E-state index contributed by atoms with van der Waals surface area (Å²) in [6.07, 6.45) is 1.52. The van der Waals surface area contributed by atoms with Crippen LogP contribution < -0.4 is 9.64 Å². The molecular formula is C23H21ClN4O3S. The third-order valence-corrected chi connectivity index (χ3v) is 6.50. The summed E-state index contributed by atoms with van der Waals surface area (Å²) in [5.74, 6) is 1.91. The fourth-order valence-electron chi connectivity index (χ4n) is 3.91. The van der Waals surface area contributed by atoms with Crippen LogP contribution >= 0.6 is 22.9 Å². The lowest BCUT2D eigenvalue weighted by molar-refractivity contribution is 0.0714. The number of benzene rings is 1. The summed E-state index contributed by atoms with van der Waals surface area (Å²) in [4.78, 5) is 26.5. The van der Waals surface area contributed by atoms with Crippen molar-refractivity contribution in [1.29, 1.82) is 0 Å². The normalized spacial score (nSPS) is 14.2. The molecule has 1 saturated heterocycles. The Morgan fingerprint density at radius 3 is 2.62 bits per heavy atom. The molecule has 1 aliphatic rings. The smallest absolute Gasteiger partial charge is 0.289 e. The number of amides is 1. The Bertz CT molecular complexity index is 1230. The number of halogens is 1. The van der Waals surface area contributed by atoms with E-state index in [1.165, 1.54) is 6.26 Å². The Hall–Kier alpha value is -3.10. The van der Waals surface area contributed by atoms with E-state index in [4.69, 9.17) is 20.8 Å². The van der Waals surface area contributed by atoms with Gasteiger partial charge in [-0.1, -0.05) is 12.1 Å². The lowest BCUT2D eigenvalue weighted by atomic mass is 10.1. The fourth-order valence-corrected chi connectivity index (χ4v) is 5.07. The Labute approximate surface area is 194 Å². The summed E-state index contributed by atoms with van der Waals surface area (Å²) in [6, 6.07) is 11.4. The highest BCUT2D eigenvalue weighted by Gasteiger charge is 2.27. The number of aromatic nitrogens is 2. The average Bonchev–Trinajstić information content (AvgIpc) is 3.49. The molecule has 7 nitrogen and oxygen atoms in total. The van der Waals surface area contributed by atoms with Crippen LogP contribution in [0.1, 0.15) is 17.5 Å². The van der Waals surface area contributed by atoms with Gasteiger partial charge in [0.25, 0.3) is 5.91 Å². The van der Waals surface area contributed by atoms with Crippen LogP contribution in [0.15, 0.2) is 52.5 Å². The van der Waals surface area contributed by atoms with Gasteiger partial charge < -0.3 is 19.0 Å². The maximum Gasteiger partial charge on any atom is 0.289 e. The van der Waals surface area contributed by atoms with Crippen molar-refractivity contribution in [2.45, 2.75) is 6.92 Å². The zero-order chi connectivity index (χ0) is 22.1. The Balaban J connectivity index is 1.44. The van der Waals surface area contributed by atoms with Crippen molar-refractivity contribution in [1.82, 2.24) is 14.9 Å². The second-order valence-corrected chi connectivity index (χ2v) is 8.56. The third kappa shape index (κ3) is 3.91. The number of carbonyl (C=O) groups excluding carboxylic acids is 1. The molecule has 1 amide bonds. The molecule has 0 aliphatic carbocycles. The monoisotopic (exact) mass is 468 g/mol. The highest BCUT2D eigenvalue weighted by atomic mass is 35.5. The molecule has 164 valence electrons. The predicted octanol–water partition coefficient (Wildman–Crippen LogP) is 4.97. The van der Waals surface area contributed by atoms with Crippen LogP contribution in [-0.4, -0.2) is 53.6 Å². The largest absolute Gasteiger partial charge is 0.494 e. The van der Waals surface area contributed by atoms with E-state index in [0.717, 1.165) is 32.9 Å². The highest BCUT2D eigenvalue weighted by molar-refractivity contribution is 7.17. The number of piperazine rings is 1. The van der Waals surface area contributed by atoms with Crippen molar-refractivity contribution in [3.8, 4) is 16.9 Å². The van der Waals surface area contributed by atoms with Crippen LogP contribution in [0.3, 0.4) is 0 Å². The van der Waals surface area contributed by atoms with Gasteiger partial charge in [-0.2, -0.15) is 4.98 Å². The molecule has 4 heterocycles. The zero-order valence-corrected chi connectivity index (χ0v) is 19.0. The molecule has 3 aromatic heterocycles. The number of carbonyl (C=O) groups is 1. The molecule has 1 aliphatic heterocycles. The molecular weight excluding hydrogens is 448 g/mol. The number of furan rings is 1. The van der Waals surface area contributed by atoms with Gasteiger partial charge in [0.05, 0.1) is 18.3 Å². The van der Waals surface area contributed by atoms with Gasteiger partial charge in [0.15, 0.2) is 5.76 Å². The number of rotatable bonds is 5. The van der Waals surface area contributed by atoms with E-state index in [1.807, 2.05) is 31.2 Å². The topological polar surface area (TPSA) is 71.7 Å². The summed E-state index contributed by atoms with van der Waals surface area (Å²) in [5.41, 5.74) is 2.13. The van der Waals surface area contributed by atoms with Gasteiger partial charge in [-0.15, -0.1) is 11.3 Å². The first-order valence-corrected chi connectivity index (χ1v) is 11.7. The predicted molar refractivity (Wildman–Crippen MR) is 126 cm³/mol. The SMILES string of the molecule is CCOc1ccc(-c2csc3nc(Cl)nc(N4CCN(C(=O)c5ccco5)CC4)c23)cc1. The van der Waals surface area contributed by atoms with Crippen molar-refractivity contribution in [3.63, 3.8) is 0 Å². The minimum absolute atomic E-state index is 0.0915. The van der Waals surface area contributed by atoms with Gasteiger partial charge in [-0.25, -0.2) is 4.98 Å². The van der Waals surface area contributed by atoms with E-state index >= 15 is 0 Å². The Morgan fingerprint density at radius 2 is 1.94 bits per heavy atom. The standard InChI is InChI=1S/C23H21ClN4O3S/c1-2-30-16-7-5-15(6-8-16)17-14-32-21-19(17)20(25-23(24)26-21)27-9-11-28(12-10-27)22(29)18-4-3-13-31-18/h3-8,13-14H,2,9-12H2,1H3. The first kappa shape index (κ1) is 20.8. The number of nitrogens with zero attached hydrogens (tertiary/aromatic N) is 4. The number of ether oxygens (including phenoxy) is 1. The molecule has 0 bridgehead atoms. The Morgan fingerprint density at radius 1 is 1.16 bits per heavy atom. The van der Waals surface area contributed by atoms with Crippen LogP contribution in [-0.2, 0) is 0 Å². The molecule has 9 heteroatoms. The van der Waals surface area contributed by atoms with E-state index in [2.05, 4.69) is 20.2 Å².